The molecular weight excluding hydrogens is 180 g/mol. The molecule has 0 heterocycles. The lowest BCUT2D eigenvalue weighted by Gasteiger charge is -2.15. The van der Waals surface area contributed by atoms with Gasteiger partial charge >= 0.3 is 0 Å². The van der Waals surface area contributed by atoms with E-state index in [1.165, 1.54) is 17.7 Å². The van der Waals surface area contributed by atoms with Crippen LogP contribution in [-0.2, 0) is 0 Å². The Morgan fingerprint density at radius 2 is 1.92 bits per heavy atom. The van der Waals surface area contributed by atoms with Crippen LogP contribution < -0.4 is 0 Å². The van der Waals surface area contributed by atoms with Crippen molar-refractivity contribution in [3.8, 4) is 0 Å². The second-order valence-corrected chi connectivity index (χ2v) is 8.97. The van der Waals surface area contributed by atoms with Gasteiger partial charge in [0.1, 0.15) is 0 Å². The van der Waals surface area contributed by atoms with Crippen molar-refractivity contribution in [3.63, 3.8) is 0 Å². The second-order valence-electron chi connectivity index (χ2n) is 4.34. The summed E-state index contributed by atoms with van der Waals surface area (Å²) in [5.41, 5.74) is 3.88. The predicted octanol–water partition coefficient (Wildman–Crippen LogP) is 0.813. The summed E-state index contributed by atoms with van der Waals surface area (Å²) < 4.78 is 0. The molecule has 0 aromatic heterocycles. The van der Waals surface area contributed by atoms with Gasteiger partial charge in [0, 0.05) is 14.7 Å². The van der Waals surface area contributed by atoms with Gasteiger partial charge in [-0.2, -0.15) is 0 Å². The van der Waals surface area contributed by atoms with Crippen molar-refractivity contribution >= 4 is 19.0 Å². The maximum atomic E-state index is 9.49. The van der Waals surface area contributed by atoms with Gasteiger partial charge in [-0.15, -0.1) is 5.70 Å². The second kappa shape index (κ2) is 5.72. The molecule has 0 radical (unpaired) electrons. The lowest BCUT2D eigenvalue weighted by atomic mass is 10.4. The molecule has 0 unspecified atom stereocenters. The summed E-state index contributed by atoms with van der Waals surface area (Å²) in [4.78, 5) is 0. The highest BCUT2D eigenvalue weighted by molar-refractivity contribution is 6.47. The maximum absolute atomic E-state index is 9.49. The molecule has 0 fully saturated rings. The standard InChI is InChI=1S/C9H22OSi2/c1-8(2)7-11-5-6-12-9(3,4)10/h7,10H,5-6,11-12H2,1-4H3. The Morgan fingerprint density at radius 3 is 2.33 bits per heavy atom. The zero-order valence-corrected chi connectivity index (χ0v) is 11.7. The van der Waals surface area contributed by atoms with Crippen LogP contribution in [0.4, 0.5) is 0 Å². The first-order valence-electron chi connectivity index (χ1n) is 4.77. The third-order valence-corrected chi connectivity index (χ3v) is 6.89. The van der Waals surface area contributed by atoms with E-state index in [4.69, 9.17) is 0 Å². The van der Waals surface area contributed by atoms with Crippen molar-refractivity contribution in [2.24, 2.45) is 0 Å². The zero-order valence-electron chi connectivity index (χ0n) is 8.85. The minimum atomic E-state index is -0.320. The molecule has 0 aliphatic carbocycles. The largest absolute Gasteiger partial charge is 0.395 e. The average molecular weight is 202 g/mol. The Balaban J connectivity index is 3.29. The van der Waals surface area contributed by atoms with Crippen LogP contribution in [0.5, 0.6) is 0 Å². The van der Waals surface area contributed by atoms with Gasteiger partial charge in [-0.05, 0) is 27.7 Å². The van der Waals surface area contributed by atoms with Gasteiger partial charge in [-0.25, -0.2) is 0 Å². The summed E-state index contributed by atoms with van der Waals surface area (Å²) in [6.07, 6.45) is 0. The highest BCUT2D eigenvalue weighted by Gasteiger charge is 2.11. The third kappa shape index (κ3) is 10.1. The van der Waals surface area contributed by atoms with Crippen LogP contribution in [0.25, 0.3) is 0 Å². The Hall–Kier alpha value is 0.134. The third-order valence-electron chi connectivity index (χ3n) is 1.80. The van der Waals surface area contributed by atoms with Gasteiger partial charge in [-0.1, -0.05) is 17.7 Å². The van der Waals surface area contributed by atoms with Gasteiger partial charge in [0.15, 0.2) is 0 Å². The molecule has 0 saturated carbocycles. The highest BCUT2D eigenvalue weighted by atomic mass is 28.2. The molecule has 72 valence electrons. The fourth-order valence-electron chi connectivity index (χ4n) is 1.09. The van der Waals surface area contributed by atoms with E-state index >= 15 is 0 Å². The van der Waals surface area contributed by atoms with E-state index in [1.54, 1.807) is 0 Å². The fourth-order valence-corrected chi connectivity index (χ4v) is 4.89. The molecule has 0 amide bonds. The molecule has 0 rings (SSSR count). The molecule has 0 atom stereocenters. The zero-order chi connectivity index (χ0) is 9.61. The molecule has 0 aromatic rings. The van der Waals surface area contributed by atoms with Gasteiger partial charge in [0.25, 0.3) is 0 Å². The van der Waals surface area contributed by atoms with Crippen LogP contribution in [0.1, 0.15) is 27.7 Å². The van der Waals surface area contributed by atoms with E-state index in [2.05, 4.69) is 19.5 Å². The normalized spacial score (nSPS) is 13.4. The molecule has 12 heavy (non-hydrogen) atoms. The Labute approximate surface area is 80.9 Å². The Bertz CT molecular complexity index is 143. The topological polar surface area (TPSA) is 20.2 Å². The highest BCUT2D eigenvalue weighted by Crippen LogP contribution is 2.03. The lowest BCUT2D eigenvalue weighted by molar-refractivity contribution is 0.165. The molecule has 0 saturated heterocycles. The SMILES string of the molecule is CC(C)=C[SiH2]CC[SiH2]C(C)(C)O. The molecule has 0 aliphatic heterocycles. The molecule has 0 bridgehead atoms. The number of hydrogen-bond donors (Lipinski definition) is 1. The monoisotopic (exact) mass is 202 g/mol. The van der Waals surface area contributed by atoms with E-state index < -0.39 is 0 Å². The van der Waals surface area contributed by atoms with Crippen LogP contribution >= 0.6 is 0 Å². The van der Waals surface area contributed by atoms with Crippen molar-refractivity contribution in [1.29, 1.82) is 0 Å². The van der Waals surface area contributed by atoms with E-state index in [0.29, 0.717) is 0 Å². The molecule has 1 N–H and O–H groups in total. The quantitative estimate of drug-likeness (QED) is 0.517. The van der Waals surface area contributed by atoms with Crippen LogP contribution in [-0.4, -0.2) is 29.4 Å². The van der Waals surface area contributed by atoms with Crippen LogP contribution in [0.3, 0.4) is 0 Å². The first-order valence-corrected chi connectivity index (χ1v) is 8.30. The summed E-state index contributed by atoms with van der Waals surface area (Å²) in [5.74, 6) is 0. The summed E-state index contributed by atoms with van der Waals surface area (Å²) in [7, 11) is -0.178. The molecule has 3 heteroatoms. The van der Waals surface area contributed by atoms with E-state index in [1.807, 2.05) is 13.8 Å². The predicted molar refractivity (Wildman–Crippen MR) is 62.4 cm³/mol. The number of rotatable bonds is 5. The molecule has 0 aliphatic rings. The first-order chi connectivity index (χ1) is 5.42. The number of hydrogen-bond acceptors (Lipinski definition) is 1. The molecule has 1 nitrogen and oxygen atoms in total. The van der Waals surface area contributed by atoms with Crippen LogP contribution in [0, 0.1) is 0 Å². The van der Waals surface area contributed by atoms with E-state index in [0.717, 1.165) is 0 Å². The molecule has 0 spiro atoms. The van der Waals surface area contributed by atoms with Gasteiger partial charge in [0.2, 0.25) is 0 Å². The minimum Gasteiger partial charge on any atom is -0.395 e. The Morgan fingerprint density at radius 1 is 1.33 bits per heavy atom. The summed E-state index contributed by atoms with van der Waals surface area (Å²) >= 11 is 0. The van der Waals surface area contributed by atoms with E-state index in [-0.39, 0.29) is 24.3 Å². The molecule has 0 aromatic carbocycles. The fraction of sp³-hybridized carbons (Fsp3) is 0.778. The summed E-state index contributed by atoms with van der Waals surface area (Å²) in [5, 5.41) is 9.17. The molecular formula is C9H22OSi2. The first kappa shape index (κ1) is 12.1. The van der Waals surface area contributed by atoms with Crippen LogP contribution in [0.2, 0.25) is 12.1 Å². The van der Waals surface area contributed by atoms with Crippen molar-refractivity contribution in [2.45, 2.75) is 45.0 Å². The van der Waals surface area contributed by atoms with Crippen molar-refractivity contribution in [2.75, 3.05) is 0 Å². The van der Waals surface area contributed by atoms with E-state index in [9.17, 15) is 5.11 Å². The Kier molecular flexibility index (Phi) is 5.79. The summed E-state index contributed by atoms with van der Waals surface area (Å²) in [6.45, 7) is 8.23. The van der Waals surface area contributed by atoms with Gasteiger partial charge in [0.05, 0.1) is 9.52 Å². The average Bonchev–Trinajstić information content (AvgIpc) is 1.83. The summed E-state index contributed by atoms with van der Waals surface area (Å²) in [6, 6.07) is 2.71. The van der Waals surface area contributed by atoms with Gasteiger partial charge in [-0.3, -0.25) is 0 Å². The van der Waals surface area contributed by atoms with Crippen LogP contribution in [0.15, 0.2) is 11.3 Å². The number of aliphatic hydroxyl groups is 1. The minimum absolute atomic E-state index is 0.0565. The smallest absolute Gasteiger partial charge is 0.0581 e. The maximum Gasteiger partial charge on any atom is 0.0581 e. The number of allylic oxidation sites excluding steroid dienone is 1. The van der Waals surface area contributed by atoms with Crippen molar-refractivity contribution in [1.82, 2.24) is 0 Å². The van der Waals surface area contributed by atoms with Gasteiger partial charge < -0.3 is 5.11 Å². The van der Waals surface area contributed by atoms with Crippen molar-refractivity contribution in [3.05, 3.63) is 11.3 Å². The lowest BCUT2D eigenvalue weighted by Crippen LogP contribution is -2.27. The van der Waals surface area contributed by atoms with Crippen molar-refractivity contribution < 1.29 is 5.11 Å².